The zero-order chi connectivity index (χ0) is 22.8. The summed E-state index contributed by atoms with van der Waals surface area (Å²) < 4.78 is 23.8. The highest BCUT2D eigenvalue weighted by molar-refractivity contribution is 8.14. The van der Waals surface area contributed by atoms with Crippen LogP contribution in [0.5, 0.6) is 0 Å². The van der Waals surface area contributed by atoms with Crippen molar-refractivity contribution < 1.29 is 27.7 Å². The van der Waals surface area contributed by atoms with E-state index >= 15 is 0 Å². The van der Waals surface area contributed by atoms with Gasteiger partial charge in [-0.1, -0.05) is 24.3 Å². The minimum atomic E-state index is -3.60. The fourth-order valence-corrected chi connectivity index (χ4v) is 4.77. The smallest absolute Gasteiger partial charge is 0.464 e. The monoisotopic (exact) mass is 446 g/mol. The van der Waals surface area contributed by atoms with Crippen LogP contribution in [0.15, 0.2) is 58.0 Å². The summed E-state index contributed by atoms with van der Waals surface area (Å²) in [5.41, 5.74) is 8.29. The zero-order valence-electron chi connectivity index (χ0n) is 17.7. The lowest BCUT2D eigenvalue weighted by molar-refractivity contribution is -0.120. The van der Waals surface area contributed by atoms with Gasteiger partial charge in [0.05, 0.1) is 36.3 Å². The number of hydrogen-bond donors (Lipinski definition) is 4. The van der Waals surface area contributed by atoms with Crippen molar-refractivity contribution in [3.63, 3.8) is 0 Å². The molecule has 10 heteroatoms. The van der Waals surface area contributed by atoms with Crippen LogP contribution in [0.1, 0.15) is 11.1 Å². The molecule has 31 heavy (non-hydrogen) atoms. The third-order valence-corrected chi connectivity index (χ3v) is 7.82. The SMILES string of the molecule is COS(C)(C)(=O)c1cc(CC(=O)N[C@@H](Cc2coc3ccccc23)B(O)O)ccc1N. The number of rotatable bonds is 8. The Morgan fingerprint density at radius 3 is 2.65 bits per heavy atom. The van der Waals surface area contributed by atoms with Crippen molar-refractivity contribution in [1.29, 1.82) is 0 Å². The minimum Gasteiger partial charge on any atom is -0.464 e. The van der Waals surface area contributed by atoms with Gasteiger partial charge in [-0.15, -0.1) is 0 Å². The number of furan rings is 1. The van der Waals surface area contributed by atoms with Crippen LogP contribution in [0.3, 0.4) is 0 Å². The van der Waals surface area contributed by atoms with Crippen LogP contribution < -0.4 is 11.1 Å². The Morgan fingerprint density at radius 1 is 1.26 bits per heavy atom. The summed E-state index contributed by atoms with van der Waals surface area (Å²) in [4.78, 5) is 13.0. The van der Waals surface area contributed by atoms with E-state index in [1.54, 1.807) is 24.5 Å². The van der Waals surface area contributed by atoms with E-state index in [1.807, 2.05) is 24.3 Å². The molecule has 8 nitrogen and oxygen atoms in total. The van der Waals surface area contributed by atoms with Crippen LogP contribution in [-0.4, -0.2) is 52.8 Å². The van der Waals surface area contributed by atoms with E-state index in [-0.39, 0.29) is 12.8 Å². The lowest BCUT2D eigenvalue weighted by Gasteiger charge is -2.39. The third-order valence-electron chi connectivity index (χ3n) is 5.25. The zero-order valence-corrected chi connectivity index (χ0v) is 18.5. The van der Waals surface area contributed by atoms with Crippen molar-refractivity contribution in [3.05, 3.63) is 59.9 Å². The predicted octanol–water partition coefficient (Wildman–Crippen LogP) is 1.30. The quantitative estimate of drug-likeness (QED) is 0.303. The minimum absolute atomic E-state index is 0.0603. The molecule has 0 unspecified atom stereocenters. The van der Waals surface area contributed by atoms with Crippen LogP contribution in [0.25, 0.3) is 11.0 Å². The van der Waals surface area contributed by atoms with E-state index in [2.05, 4.69) is 5.32 Å². The molecule has 166 valence electrons. The summed E-state index contributed by atoms with van der Waals surface area (Å²) in [5.74, 6) is -1.36. The van der Waals surface area contributed by atoms with E-state index in [9.17, 15) is 19.1 Å². The number of para-hydroxylation sites is 1. The molecule has 0 saturated carbocycles. The number of carbonyl (C=O) groups is 1. The Labute approximate surface area is 181 Å². The van der Waals surface area contributed by atoms with Gasteiger partial charge in [-0.3, -0.25) is 8.98 Å². The lowest BCUT2D eigenvalue weighted by Crippen LogP contribution is -2.48. The molecule has 2 aromatic carbocycles. The molecule has 0 bridgehead atoms. The highest BCUT2D eigenvalue weighted by atomic mass is 32.3. The van der Waals surface area contributed by atoms with Crippen LogP contribution >= 0.6 is 0 Å². The molecule has 0 radical (unpaired) electrons. The van der Waals surface area contributed by atoms with Gasteiger partial charge < -0.3 is 25.5 Å². The number of fused-ring (bicyclic) bond motifs is 1. The van der Waals surface area contributed by atoms with Gasteiger partial charge in [0.1, 0.15) is 5.58 Å². The van der Waals surface area contributed by atoms with Crippen LogP contribution in [0, 0.1) is 0 Å². The molecule has 1 atom stereocenters. The van der Waals surface area contributed by atoms with Crippen LogP contribution in [-0.2, 0) is 31.2 Å². The molecule has 3 aromatic rings. The summed E-state index contributed by atoms with van der Waals surface area (Å²) >= 11 is 0. The first-order valence-electron chi connectivity index (χ1n) is 9.66. The van der Waals surface area contributed by atoms with Crippen molar-refractivity contribution in [2.24, 2.45) is 0 Å². The Morgan fingerprint density at radius 2 is 1.97 bits per heavy atom. The highest BCUT2D eigenvalue weighted by Crippen LogP contribution is 2.35. The maximum Gasteiger partial charge on any atom is 0.475 e. The standard InChI is InChI=1S/C21H27BN2O6S/c1-29-31(2,3,28)19-10-14(8-9-17(19)23)11-21(25)24-20(22(26)27)12-15-13-30-18-7-5-4-6-16(15)18/h4-10,13,20,26-27H,11-12,23H2,1-3H3,(H,24,25)/t20-/m0/s1. The maximum absolute atomic E-state index is 13.1. The molecule has 0 aliphatic carbocycles. The second-order valence-corrected chi connectivity index (χ2v) is 12.2. The molecule has 0 aliphatic rings. The lowest BCUT2D eigenvalue weighted by atomic mass is 9.75. The molecule has 1 amide bonds. The molecule has 0 spiro atoms. The van der Waals surface area contributed by atoms with Gasteiger partial charge >= 0.3 is 7.12 Å². The second-order valence-electron chi connectivity index (χ2n) is 7.98. The molecule has 1 aromatic heterocycles. The average molecular weight is 446 g/mol. The van der Waals surface area contributed by atoms with Gasteiger partial charge in [0.15, 0.2) is 0 Å². The third kappa shape index (κ3) is 5.16. The average Bonchev–Trinajstić information content (AvgIpc) is 3.11. The first-order chi connectivity index (χ1) is 14.5. The molecule has 0 aliphatic heterocycles. The molecule has 3 rings (SSSR count). The van der Waals surface area contributed by atoms with E-state index in [4.69, 9.17) is 14.3 Å². The van der Waals surface area contributed by atoms with E-state index in [0.29, 0.717) is 21.7 Å². The van der Waals surface area contributed by atoms with Gasteiger partial charge in [0.2, 0.25) is 5.91 Å². The van der Waals surface area contributed by atoms with Gasteiger partial charge in [-0.2, -0.15) is 9.35 Å². The molecule has 1 heterocycles. The fourth-order valence-electron chi connectivity index (χ4n) is 3.38. The van der Waals surface area contributed by atoms with Crippen molar-refractivity contribution in [2.75, 3.05) is 25.4 Å². The number of anilines is 1. The largest absolute Gasteiger partial charge is 0.475 e. The summed E-state index contributed by atoms with van der Waals surface area (Å²) in [7, 11) is -4.02. The Kier molecular flexibility index (Phi) is 6.29. The number of amides is 1. The summed E-state index contributed by atoms with van der Waals surface area (Å²) in [5, 5.41) is 23.1. The first kappa shape index (κ1) is 23.0. The van der Waals surface area contributed by atoms with Crippen LogP contribution in [0.2, 0.25) is 0 Å². The fraction of sp³-hybridized carbons (Fsp3) is 0.286. The normalized spacial score (nSPS) is 14.0. The molecule has 0 saturated heterocycles. The van der Waals surface area contributed by atoms with E-state index < -0.39 is 28.3 Å². The summed E-state index contributed by atoms with van der Waals surface area (Å²) in [6, 6.07) is 12.2. The van der Waals surface area contributed by atoms with Gasteiger partial charge in [0, 0.05) is 17.9 Å². The van der Waals surface area contributed by atoms with E-state index in [0.717, 1.165) is 10.9 Å². The van der Waals surface area contributed by atoms with Crippen molar-refractivity contribution >= 4 is 39.0 Å². The summed E-state index contributed by atoms with van der Waals surface area (Å²) in [6.45, 7) is 0. The molecule has 0 fully saturated rings. The Hall–Kier alpha value is -2.66. The topological polar surface area (TPSA) is 135 Å². The van der Waals surface area contributed by atoms with Gasteiger partial charge in [-0.25, -0.2) is 4.21 Å². The van der Waals surface area contributed by atoms with Gasteiger partial charge in [-0.05, 0) is 35.7 Å². The first-order valence-corrected chi connectivity index (χ1v) is 12.4. The summed E-state index contributed by atoms with van der Waals surface area (Å²) in [6.07, 6.45) is 4.61. The number of nitrogens with one attached hydrogen (secondary N) is 1. The van der Waals surface area contributed by atoms with Crippen molar-refractivity contribution in [1.82, 2.24) is 5.32 Å². The van der Waals surface area contributed by atoms with E-state index in [1.165, 1.54) is 19.6 Å². The molecule has 5 N–H and O–H groups in total. The molecular formula is C21H27BN2O6S. The van der Waals surface area contributed by atoms with Crippen LogP contribution in [0.4, 0.5) is 5.69 Å². The highest BCUT2D eigenvalue weighted by Gasteiger charge is 2.28. The van der Waals surface area contributed by atoms with Crippen molar-refractivity contribution in [2.45, 2.75) is 23.7 Å². The predicted molar refractivity (Wildman–Crippen MR) is 122 cm³/mol. The number of carbonyl (C=O) groups excluding carboxylic acids is 1. The maximum atomic E-state index is 13.1. The Bertz CT molecular complexity index is 1170. The number of nitrogens with two attached hydrogens (primary N) is 1. The number of benzene rings is 2. The molecular weight excluding hydrogens is 419 g/mol. The second kappa shape index (κ2) is 8.47. The van der Waals surface area contributed by atoms with Gasteiger partial charge in [0.25, 0.3) is 0 Å². The number of nitrogen functional groups attached to an aromatic ring is 1. The number of hydrogen-bond acceptors (Lipinski definition) is 7. The Balaban J connectivity index is 1.76. The van der Waals surface area contributed by atoms with Crippen molar-refractivity contribution in [3.8, 4) is 0 Å².